The van der Waals surface area contributed by atoms with Gasteiger partial charge in [-0.05, 0) is 62.1 Å². The first kappa shape index (κ1) is 21.9. The van der Waals surface area contributed by atoms with Crippen molar-refractivity contribution in [3.8, 4) is 5.75 Å². The number of carbonyl (C=O) groups excluding carboxylic acids is 1. The van der Waals surface area contributed by atoms with Gasteiger partial charge in [0, 0.05) is 12.0 Å². The summed E-state index contributed by atoms with van der Waals surface area (Å²) in [4.78, 5) is 17.0. The summed E-state index contributed by atoms with van der Waals surface area (Å²) in [6.07, 6.45) is 1.93. The van der Waals surface area contributed by atoms with E-state index in [1.54, 1.807) is 0 Å². The maximum atomic E-state index is 12.3. The zero-order chi connectivity index (χ0) is 21.7. The fourth-order valence-corrected chi connectivity index (χ4v) is 3.30. The molecule has 0 aliphatic carbocycles. The van der Waals surface area contributed by atoms with Crippen LogP contribution in [0.4, 0.5) is 0 Å². The van der Waals surface area contributed by atoms with Crippen molar-refractivity contribution in [1.29, 1.82) is 0 Å². The Bertz CT molecular complexity index is 1010. The summed E-state index contributed by atoms with van der Waals surface area (Å²) in [5.74, 6) is 1.85. The Kier molecular flexibility index (Phi) is 6.80. The van der Waals surface area contributed by atoms with E-state index in [0.717, 1.165) is 42.0 Å². The van der Waals surface area contributed by atoms with Crippen molar-refractivity contribution in [2.24, 2.45) is 5.41 Å². The predicted molar refractivity (Wildman–Crippen MR) is 122 cm³/mol. The van der Waals surface area contributed by atoms with E-state index < -0.39 is 5.41 Å². The molecule has 1 heterocycles. The number of benzene rings is 2. The highest BCUT2D eigenvalue weighted by atomic mass is 16.5. The zero-order valence-electron chi connectivity index (χ0n) is 18.8. The van der Waals surface area contributed by atoms with Gasteiger partial charge in [0.1, 0.15) is 11.6 Å². The fraction of sp³-hybridized carbons (Fsp3) is 0.440. The van der Waals surface area contributed by atoms with Crippen LogP contribution < -0.4 is 10.1 Å². The van der Waals surface area contributed by atoms with Gasteiger partial charge in [0.05, 0.1) is 24.2 Å². The van der Waals surface area contributed by atoms with Crippen molar-refractivity contribution in [3.63, 3.8) is 0 Å². The lowest BCUT2D eigenvalue weighted by Crippen LogP contribution is -2.35. The summed E-state index contributed by atoms with van der Waals surface area (Å²) >= 11 is 0. The number of imidazole rings is 1. The van der Waals surface area contributed by atoms with Gasteiger partial charge >= 0.3 is 0 Å². The molecule has 5 nitrogen and oxygen atoms in total. The van der Waals surface area contributed by atoms with Crippen LogP contribution in [0.15, 0.2) is 42.5 Å². The minimum Gasteiger partial charge on any atom is -0.494 e. The van der Waals surface area contributed by atoms with E-state index in [4.69, 9.17) is 9.72 Å². The average molecular weight is 408 g/mol. The van der Waals surface area contributed by atoms with Crippen LogP contribution in [0.3, 0.4) is 0 Å². The van der Waals surface area contributed by atoms with Gasteiger partial charge in [-0.3, -0.25) is 4.79 Å². The van der Waals surface area contributed by atoms with Gasteiger partial charge in [0.2, 0.25) is 5.91 Å². The van der Waals surface area contributed by atoms with E-state index in [1.165, 1.54) is 11.1 Å². The molecule has 1 amide bonds. The third-order valence-corrected chi connectivity index (χ3v) is 5.35. The average Bonchev–Trinajstić information content (AvgIpc) is 3.05. The Hall–Kier alpha value is -2.82. The van der Waals surface area contributed by atoms with Crippen molar-refractivity contribution >= 4 is 16.9 Å². The maximum Gasteiger partial charge on any atom is 0.225 e. The number of ether oxygens (including phenoxy) is 1. The third-order valence-electron chi connectivity index (χ3n) is 5.35. The number of hydrogen-bond acceptors (Lipinski definition) is 3. The summed E-state index contributed by atoms with van der Waals surface area (Å²) < 4.78 is 8.13. The molecule has 0 aliphatic heterocycles. The monoisotopic (exact) mass is 407 g/mol. The normalized spacial score (nSPS) is 11.6. The number of nitrogens with one attached hydrogen (secondary N) is 1. The molecule has 0 saturated heterocycles. The van der Waals surface area contributed by atoms with E-state index in [0.29, 0.717) is 13.2 Å². The molecular weight excluding hydrogens is 374 g/mol. The molecule has 1 N–H and O–H groups in total. The van der Waals surface area contributed by atoms with E-state index in [1.807, 2.05) is 45.0 Å². The number of unbranched alkanes of at least 4 members (excludes halogenated alkanes) is 1. The topological polar surface area (TPSA) is 56.1 Å². The molecule has 0 spiro atoms. The van der Waals surface area contributed by atoms with Gasteiger partial charge in [0.15, 0.2) is 0 Å². The van der Waals surface area contributed by atoms with E-state index in [9.17, 15) is 4.79 Å². The van der Waals surface area contributed by atoms with Crippen molar-refractivity contribution < 1.29 is 9.53 Å². The quantitative estimate of drug-likeness (QED) is 0.524. The summed E-state index contributed by atoms with van der Waals surface area (Å²) in [6.45, 7) is 11.9. The molecule has 0 unspecified atom stereocenters. The lowest BCUT2D eigenvalue weighted by atomic mass is 9.96. The minimum atomic E-state index is -0.414. The SMILES string of the molecule is Cc1ccc(OCCCCn2c(CNC(=O)C(C)(C)C)nc3ccccc32)cc1C. The molecule has 30 heavy (non-hydrogen) atoms. The smallest absolute Gasteiger partial charge is 0.225 e. The fourth-order valence-electron chi connectivity index (χ4n) is 3.30. The molecule has 160 valence electrons. The molecule has 0 radical (unpaired) electrons. The second kappa shape index (κ2) is 9.33. The van der Waals surface area contributed by atoms with E-state index >= 15 is 0 Å². The van der Waals surface area contributed by atoms with Crippen molar-refractivity contribution in [2.75, 3.05) is 6.61 Å². The largest absolute Gasteiger partial charge is 0.494 e. The third kappa shape index (κ3) is 5.41. The first-order chi connectivity index (χ1) is 14.3. The van der Waals surface area contributed by atoms with Crippen LogP contribution in [0.25, 0.3) is 11.0 Å². The number of para-hydroxylation sites is 2. The Morgan fingerprint density at radius 2 is 1.83 bits per heavy atom. The number of amides is 1. The lowest BCUT2D eigenvalue weighted by molar-refractivity contribution is -0.128. The van der Waals surface area contributed by atoms with E-state index in [2.05, 4.69) is 41.9 Å². The second-order valence-corrected chi connectivity index (χ2v) is 8.90. The van der Waals surface area contributed by atoms with Crippen LogP contribution in [0.2, 0.25) is 0 Å². The zero-order valence-corrected chi connectivity index (χ0v) is 18.8. The van der Waals surface area contributed by atoms with Gasteiger partial charge in [0.25, 0.3) is 0 Å². The van der Waals surface area contributed by atoms with Crippen molar-refractivity contribution in [1.82, 2.24) is 14.9 Å². The van der Waals surface area contributed by atoms with Gasteiger partial charge in [-0.15, -0.1) is 0 Å². The van der Waals surface area contributed by atoms with Crippen LogP contribution in [0.5, 0.6) is 5.75 Å². The van der Waals surface area contributed by atoms with Crippen LogP contribution >= 0.6 is 0 Å². The number of aryl methyl sites for hydroxylation is 3. The number of rotatable bonds is 8. The van der Waals surface area contributed by atoms with Gasteiger partial charge in [-0.2, -0.15) is 0 Å². The molecule has 2 aromatic carbocycles. The summed E-state index contributed by atoms with van der Waals surface area (Å²) in [5.41, 5.74) is 4.18. The van der Waals surface area contributed by atoms with Crippen LogP contribution in [0.1, 0.15) is 50.6 Å². The number of carbonyl (C=O) groups is 1. The van der Waals surface area contributed by atoms with Gasteiger partial charge in [-0.1, -0.05) is 39.0 Å². The predicted octanol–water partition coefficient (Wildman–Crippen LogP) is 5.17. The number of nitrogens with zero attached hydrogens (tertiary/aromatic N) is 2. The standard InChI is InChI=1S/C25H33N3O2/c1-18-12-13-20(16-19(18)2)30-15-9-8-14-28-22-11-7-6-10-21(22)27-23(28)17-26-24(29)25(3,4)5/h6-7,10-13,16H,8-9,14-15,17H2,1-5H3,(H,26,29). The molecule has 3 rings (SSSR count). The lowest BCUT2D eigenvalue weighted by Gasteiger charge is -2.18. The molecule has 0 atom stereocenters. The van der Waals surface area contributed by atoms with Crippen LogP contribution in [-0.4, -0.2) is 22.1 Å². The Labute approximate surface area is 179 Å². The molecule has 0 aliphatic rings. The molecule has 3 aromatic rings. The molecule has 0 fully saturated rings. The summed E-state index contributed by atoms with van der Waals surface area (Å²) in [5, 5.41) is 3.03. The Balaban J connectivity index is 1.60. The molecule has 1 aromatic heterocycles. The number of hydrogen-bond donors (Lipinski definition) is 1. The summed E-state index contributed by atoms with van der Waals surface area (Å²) in [6, 6.07) is 14.3. The second-order valence-electron chi connectivity index (χ2n) is 8.90. The van der Waals surface area contributed by atoms with Crippen LogP contribution in [-0.2, 0) is 17.9 Å². The Morgan fingerprint density at radius 3 is 2.57 bits per heavy atom. The van der Waals surface area contributed by atoms with Crippen LogP contribution in [0, 0.1) is 19.3 Å². The van der Waals surface area contributed by atoms with E-state index in [-0.39, 0.29) is 5.91 Å². The van der Waals surface area contributed by atoms with Crippen molar-refractivity contribution in [3.05, 3.63) is 59.4 Å². The highest BCUT2D eigenvalue weighted by Gasteiger charge is 2.21. The number of fused-ring (bicyclic) bond motifs is 1. The highest BCUT2D eigenvalue weighted by Crippen LogP contribution is 2.19. The molecular formula is C25H33N3O2. The molecule has 5 heteroatoms. The molecule has 0 saturated carbocycles. The minimum absolute atomic E-state index is 0.0305. The first-order valence-electron chi connectivity index (χ1n) is 10.7. The maximum absolute atomic E-state index is 12.3. The number of aromatic nitrogens is 2. The molecule has 0 bridgehead atoms. The summed E-state index contributed by atoms with van der Waals surface area (Å²) in [7, 11) is 0. The first-order valence-corrected chi connectivity index (χ1v) is 10.7. The Morgan fingerprint density at radius 1 is 1.07 bits per heavy atom. The van der Waals surface area contributed by atoms with Crippen molar-refractivity contribution in [2.45, 2.75) is 60.5 Å². The highest BCUT2D eigenvalue weighted by molar-refractivity contribution is 5.81. The van der Waals surface area contributed by atoms with Gasteiger partial charge < -0.3 is 14.6 Å². The van der Waals surface area contributed by atoms with Gasteiger partial charge in [-0.25, -0.2) is 4.98 Å².